The fourth-order valence-corrected chi connectivity index (χ4v) is 2.07. The first-order valence-corrected chi connectivity index (χ1v) is 6.25. The van der Waals surface area contributed by atoms with Gasteiger partial charge >= 0.3 is 5.97 Å². The zero-order valence-corrected chi connectivity index (χ0v) is 11.4. The summed E-state index contributed by atoms with van der Waals surface area (Å²) in [6.07, 6.45) is 0.723. The lowest BCUT2D eigenvalue weighted by atomic mass is 10.1. The first-order valence-electron chi connectivity index (χ1n) is 5.87. The zero-order chi connectivity index (χ0) is 14.7. The molecule has 0 aliphatic carbocycles. The second-order valence-corrected chi connectivity index (χ2v) is 4.71. The second-order valence-electron chi connectivity index (χ2n) is 4.28. The van der Waals surface area contributed by atoms with Crippen LogP contribution in [0.15, 0.2) is 36.4 Å². The average molecular weight is 290 g/mol. The number of anilines is 2. The van der Waals surface area contributed by atoms with E-state index >= 15 is 0 Å². The van der Waals surface area contributed by atoms with Gasteiger partial charge in [-0.2, -0.15) is 0 Å². The molecule has 0 atom stereocenters. The first-order chi connectivity index (χ1) is 9.52. The number of para-hydroxylation sites is 1. The summed E-state index contributed by atoms with van der Waals surface area (Å²) in [4.78, 5) is 22.3. The monoisotopic (exact) mass is 289 g/mol. The molecule has 2 rings (SSSR count). The smallest absolute Gasteiger partial charge is 0.337 e. The topological polar surface area (TPSA) is 66.4 Å². The third kappa shape index (κ3) is 2.81. The third-order valence-corrected chi connectivity index (χ3v) is 3.14. The van der Waals surface area contributed by atoms with E-state index < -0.39 is 5.97 Å². The van der Waals surface area contributed by atoms with Crippen molar-refractivity contribution in [3.8, 4) is 0 Å². The Hall–Kier alpha value is -2.33. The van der Waals surface area contributed by atoms with Crippen LogP contribution < -0.4 is 5.32 Å². The number of carbonyl (C=O) groups excluding carboxylic acids is 1. The summed E-state index contributed by atoms with van der Waals surface area (Å²) in [5.74, 6) is -1.06. The van der Waals surface area contributed by atoms with Crippen LogP contribution in [0.1, 0.15) is 26.3 Å². The Morgan fingerprint density at radius 1 is 1.30 bits per heavy atom. The van der Waals surface area contributed by atoms with Gasteiger partial charge in [0.05, 0.1) is 16.9 Å². The quantitative estimate of drug-likeness (QED) is 0.838. The summed E-state index contributed by atoms with van der Waals surface area (Å²) in [6, 6.07) is 9.71. The molecule has 0 unspecified atom stereocenters. The Morgan fingerprint density at radius 2 is 2.05 bits per heavy atom. The summed E-state index contributed by atoms with van der Waals surface area (Å²) >= 11 is 5.90. The van der Waals surface area contributed by atoms with Gasteiger partial charge in [0, 0.05) is 10.6 Å². The van der Waals surface area contributed by atoms with Crippen LogP contribution in [0, 0.1) is 6.92 Å². The SMILES string of the molecule is Cc1cccc(C=O)c1Nc1cc(Cl)ccc1C(=O)O. The van der Waals surface area contributed by atoms with E-state index in [1.54, 1.807) is 12.1 Å². The van der Waals surface area contributed by atoms with Crippen molar-refractivity contribution in [2.75, 3.05) is 5.32 Å². The Bertz CT molecular complexity index is 683. The molecule has 102 valence electrons. The van der Waals surface area contributed by atoms with Crippen LogP contribution in [0.25, 0.3) is 0 Å². The van der Waals surface area contributed by atoms with Gasteiger partial charge in [0.15, 0.2) is 6.29 Å². The van der Waals surface area contributed by atoms with E-state index in [2.05, 4.69) is 5.32 Å². The average Bonchev–Trinajstić information content (AvgIpc) is 2.40. The van der Waals surface area contributed by atoms with E-state index in [1.165, 1.54) is 18.2 Å². The minimum absolute atomic E-state index is 0.0921. The van der Waals surface area contributed by atoms with Crippen LogP contribution in [0.5, 0.6) is 0 Å². The standard InChI is InChI=1S/C15H12ClNO3/c1-9-3-2-4-10(8-18)14(9)17-13-7-11(16)5-6-12(13)15(19)20/h2-8,17H,1H3,(H,19,20). The van der Waals surface area contributed by atoms with Crippen LogP contribution in [-0.2, 0) is 0 Å². The molecule has 2 N–H and O–H groups in total. The van der Waals surface area contributed by atoms with Crippen LogP contribution in [0.3, 0.4) is 0 Å². The highest BCUT2D eigenvalue weighted by Gasteiger charge is 2.13. The molecule has 0 aromatic heterocycles. The minimum Gasteiger partial charge on any atom is -0.478 e. The zero-order valence-electron chi connectivity index (χ0n) is 10.7. The van der Waals surface area contributed by atoms with Crippen molar-refractivity contribution in [3.63, 3.8) is 0 Å². The van der Waals surface area contributed by atoms with Crippen LogP contribution in [0.2, 0.25) is 5.02 Å². The van der Waals surface area contributed by atoms with Gasteiger partial charge in [-0.25, -0.2) is 4.79 Å². The number of hydrogen-bond acceptors (Lipinski definition) is 3. The summed E-state index contributed by atoms with van der Waals surface area (Å²) in [6.45, 7) is 1.83. The maximum absolute atomic E-state index is 11.2. The number of benzene rings is 2. The lowest BCUT2D eigenvalue weighted by Crippen LogP contribution is -2.05. The lowest BCUT2D eigenvalue weighted by molar-refractivity contribution is 0.0698. The number of carboxylic acid groups (broad SMARTS) is 1. The molecule has 2 aromatic rings. The van der Waals surface area contributed by atoms with Gasteiger partial charge in [0.25, 0.3) is 0 Å². The second kappa shape index (κ2) is 5.75. The predicted molar refractivity (Wildman–Crippen MR) is 78.3 cm³/mol. The molecule has 5 heteroatoms. The number of halogens is 1. The fourth-order valence-electron chi connectivity index (χ4n) is 1.90. The summed E-state index contributed by atoms with van der Waals surface area (Å²) in [5.41, 5.74) is 2.32. The molecule has 0 spiro atoms. The van der Waals surface area contributed by atoms with E-state index in [-0.39, 0.29) is 5.56 Å². The van der Waals surface area contributed by atoms with Crippen LogP contribution >= 0.6 is 11.6 Å². The van der Waals surface area contributed by atoms with E-state index in [9.17, 15) is 14.7 Å². The Kier molecular flexibility index (Phi) is 4.05. The highest BCUT2D eigenvalue weighted by molar-refractivity contribution is 6.31. The molecule has 0 radical (unpaired) electrons. The van der Waals surface area contributed by atoms with E-state index in [1.807, 2.05) is 13.0 Å². The summed E-state index contributed by atoms with van der Waals surface area (Å²) in [7, 11) is 0. The normalized spacial score (nSPS) is 10.1. The van der Waals surface area contributed by atoms with Gasteiger partial charge in [0.2, 0.25) is 0 Å². The number of hydrogen-bond donors (Lipinski definition) is 2. The Labute approximate surface area is 121 Å². The molecular weight excluding hydrogens is 278 g/mol. The van der Waals surface area contributed by atoms with Gasteiger partial charge in [-0.15, -0.1) is 0 Å². The van der Waals surface area contributed by atoms with Crippen molar-refractivity contribution in [2.24, 2.45) is 0 Å². The van der Waals surface area contributed by atoms with Crippen molar-refractivity contribution in [1.82, 2.24) is 0 Å². The van der Waals surface area contributed by atoms with Crippen LogP contribution in [0.4, 0.5) is 11.4 Å². The maximum Gasteiger partial charge on any atom is 0.337 e. The number of carboxylic acids is 1. The number of aryl methyl sites for hydroxylation is 1. The molecule has 0 fully saturated rings. The van der Waals surface area contributed by atoms with Gasteiger partial charge in [0.1, 0.15) is 0 Å². The van der Waals surface area contributed by atoms with Crippen molar-refractivity contribution in [2.45, 2.75) is 6.92 Å². The predicted octanol–water partition coefficient (Wildman–Crippen LogP) is 3.90. The molecule has 0 amide bonds. The molecule has 0 heterocycles. The van der Waals surface area contributed by atoms with Crippen molar-refractivity contribution in [1.29, 1.82) is 0 Å². The third-order valence-electron chi connectivity index (χ3n) is 2.90. The number of aldehydes is 1. The molecule has 20 heavy (non-hydrogen) atoms. The maximum atomic E-state index is 11.2. The van der Waals surface area contributed by atoms with E-state index in [0.717, 1.165) is 11.8 Å². The van der Waals surface area contributed by atoms with Crippen molar-refractivity contribution in [3.05, 3.63) is 58.1 Å². The minimum atomic E-state index is -1.06. The highest BCUT2D eigenvalue weighted by atomic mass is 35.5. The molecule has 0 aliphatic rings. The van der Waals surface area contributed by atoms with Gasteiger partial charge in [-0.3, -0.25) is 4.79 Å². The van der Waals surface area contributed by atoms with Crippen LogP contribution in [-0.4, -0.2) is 17.4 Å². The summed E-state index contributed by atoms with van der Waals surface area (Å²) in [5, 5.41) is 12.6. The van der Waals surface area contributed by atoms with Gasteiger partial charge in [-0.05, 0) is 36.8 Å². The molecular formula is C15H12ClNO3. The fraction of sp³-hybridized carbons (Fsp3) is 0.0667. The van der Waals surface area contributed by atoms with Gasteiger partial charge < -0.3 is 10.4 Å². The Balaban J connectivity index is 2.52. The number of aromatic carboxylic acids is 1. The van der Waals surface area contributed by atoms with Crippen molar-refractivity contribution >= 4 is 35.2 Å². The molecule has 0 bridgehead atoms. The van der Waals surface area contributed by atoms with E-state index in [4.69, 9.17) is 11.6 Å². The van der Waals surface area contributed by atoms with Gasteiger partial charge in [-0.1, -0.05) is 23.7 Å². The number of rotatable bonds is 4. The number of nitrogens with one attached hydrogen (secondary N) is 1. The van der Waals surface area contributed by atoms with E-state index in [0.29, 0.717) is 22.0 Å². The molecule has 0 saturated carbocycles. The first kappa shape index (κ1) is 14.1. The summed E-state index contributed by atoms with van der Waals surface area (Å²) < 4.78 is 0. The Morgan fingerprint density at radius 3 is 2.70 bits per heavy atom. The molecule has 2 aromatic carbocycles. The molecule has 0 aliphatic heterocycles. The highest BCUT2D eigenvalue weighted by Crippen LogP contribution is 2.28. The molecule has 4 nitrogen and oxygen atoms in total. The van der Waals surface area contributed by atoms with Crippen molar-refractivity contribution < 1.29 is 14.7 Å². The lowest BCUT2D eigenvalue weighted by Gasteiger charge is -2.14. The molecule has 0 saturated heterocycles. The largest absolute Gasteiger partial charge is 0.478 e. The number of carbonyl (C=O) groups is 2.